The molecular formula is C29H27N5O7. The molecule has 210 valence electrons. The average molecular weight is 558 g/mol. The van der Waals surface area contributed by atoms with Crippen LogP contribution < -0.4 is 26.3 Å². The number of H-pyrrole nitrogens is 2. The Kier molecular flexibility index (Phi) is 8.51. The summed E-state index contributed by atoms with van der Waals surface area (Å²) in [5.74, 6) is -3.25. The molecule has 1 saturated carbocycles. The molecule has 1 aliphatic carbocycles. The number of carbonyl (C=O) groups excluding carboxylic acids is 3. The van der Waals surface area contributed by atoms with Crippen molar-refractivity contribution < 1.29 is 34.4 Å². The van der Waals surface area contributed by atoms with E-state index in [-0.39, 0.29) is 17.9 Å². The van der Waals surface area contributed by atoms with E-state index in [2.05, 4.69) is 31.7 Å². The number of fused-ring (bicyclic) bond motifs is 1. The van der Waals surface area contributed by atoms with Crippen molar-refractivity contribution in [2.24, 2.45) is 5.92 Å². The molecule has 4 aromatic rings. The third-order valence-electron chi connectivity index (χ3n) is 6.84. The fraction of sp³-hybridized carbons (Fsp3) is 0.207. The molecule has 2 amide bonds. The Labute approximate surface area is 233 Å². The molecule has 12 nitrogen and oxygen atoms in total. The predicted octanol–water partition coefficient (Wildman–Crippen LogP) is 0.640. The van der Waals surface area contributed by atoms with Gasteiger partial charge in [0.1, 0.15) is 6.20 Å². The topological polar surface area (TPSA) is 196 Å². The van der Waals surface area contributed by atoms with Crippen molar-refractivity contribution in [2.45, 2.75) is 25.3 Å². The number of hydrogen-bond donors (Lipinski definition) is 4. The zero-order valence-electron chi connectivity index (χ0n) is 22.0. The number of benzene rings is 2. The molecule has 0 aliphatic heterocycles. The van der Waals surface area contributed by atoms with E-state index in [1.807, 2.05) is 48.7 Å². The Morgan fingerprint density at radius 1 is 1.15 bits per heavy atom. The highest BCUT2D eigenvalue weighted by molar-refractivity contribution is 5.96. The quantitative estimate of drug-likeness (QED) is 0.226. The Bertz CT molecular complexity index is 1660. The number of carboxylic acid groups (broad SMARTS) is 2. The summed E-state index contributed by atoms with van der Waals surface area (Å²) in [6, 6.07) is 16.1. The maximum Gasteiger partial charge on any atom is 0.348 e. The first-order chi connectivity index (χ1) is 19.7. The summed E-state index contributed by atoms with van der Waals surface area (Å²) < 4.78 is 0. The predicted molar refractivity (Wildman–Crippen MR) is 144 cm³/mol. The molecule has 5 rings (SSSR count). The molecule has 2 heterocycles. The first-order valence-electron chi connectivity index (χ1n) is 12.7. The number of aromatic nitrogens is 3. The molecule has 0 spiro atoms. The first kappa shape index (κ1) is 28.6. The number of carboxylic acids is 1. The Morgan fingerprint density at radius 2 is 1.85 bits per heavy atom. The second-order valence-corrected chi connectivity index (χ2v) is 9.59. The molecule has 41 heavy (non-hydrogen) atoms. The summed E-state index contributed by atoms with van der Waals surface area (Å²) in [5, 5.41) is 24.7. The van der Waals surface area contributed by atoms with E-state index in [1.54, 1.807) is 6.20 Å². The molecule has 1 atom stereocenters. The van der Waals surface area contributed by atoms with Crippen LogP contribution in [-0.4, -0.2) is 45.9 Å². The van der Waals surface area contributed by atoms with Gasteiger partial charge in [0, 0.05) is 30.8 Å². The largest absolute Gasteiger partial charge is 0.554 e. The minimum absolute atomic E-state index is 0.106. The van der Waals surface area contributed by atoms with Crippen LogP contribution in [0.5, 0.6) is 0 Å². The number of pyridine rings is 1. The number of nitrogens with one attached hydrogen (secondary N) is 4. The Morgan fingerprint density at radius 3 is 2.49 bits per heavy atom. The fourth-order valence-corrected chi connectivity index (χ4v) is 4.38. The van der Waals surface area contributed by atoms with Crippen molar-refractivity contribution in [3.05, 3.63) is 94.4 Å². The number of hydrogen-bond acceptors (Lipinski definition) is 7. The molecule has 1 aliphatic rings. The van der Waals surface area contributed by atoms with E-state index < -0.39 is 41.3 Å². The molecule has 5 N–H and O–H groups in total. The van der Waals surface area contributed by atoms with E-state index in [9.17, 15) is 19.2 Å². The van der Waals surface area contributed by atoms with Crippen molar-refractivity contribution in [3.8, 4) is 11.1 Å². The maximum atomic E-state index is 13.0. The highest BCUT2D eigenvalue weighted by Crippen LogP contribution is 2.46. The number of carbonyl (C=O) groups is 4. The van der Waals surface area contributed by atoms with Gasteiger partial charge in [-0.1, -0.05) is 49.4 Å². The van der Waals surface area contributed by atoms with Crippen LogP contribution in [0, 0.1) is 5.92 Å². The van der Waals surface area contributed by atoms with Crippen LogP contribution >= 0.6 is 0 Å². The van der Waals surface area contributed by atoms with Crippen LogP contribution in [0.4, 0.5) is 0 Å². The summed E-state index contributed by atoms with van der Waals surface area (Å²) in [6.45, 7) is 0.844. The zero-order chi connectivity index (χ0) is 29.6. The van der Waals surface area contributed by atoms with Crippen LogP contribution in [0.15, 0.2) is 71.9 Å². The van der Waals surface area contributed by atoms with Gasteiger partial charge in [0.05, 0.1) is 11.5 Å². The summed E-state index contributed by atoms with van der Waals surface area (Å²) in [4.78, 5) is 66.1. The highest BCUT2D eigenvalue weighted by Gasteiger charge is 2.46. The van der Waals surface area contributed by atoms with Crippen LogP contribution in [-0.2, 0) is 15.1 Å². The second-order valence-electron chi connectivity index (χ2n) is 9.59. The van der Waals surface area contributed by atoms with E-state index in [4.69, 9.17) is 15.0 Å². The summed E-state index contributed by atoms with van der Waals surface area (Å²) in [7, 11) is 0. The lowest BCUT2D eigenvalue weighted by molar-refractivity contribution is -0.387. The van der Waals surface area contributed by atoms with Gasteiger partial charge in [-0.2, -0.15) is 0 Å². The van der Waals surface area contributed by atoms with Gasteiger partial charge in [-0.05, 0) is 41.0 Å². The molecule has 12 heteroatoms. The fourth-order valence-electron chi connectivity index (χ4n) is 4.38. The van der Waals surface area contributed by atoms with E-state index >= 15 is 0 Å². The lowest BCUT2D eigenvalue weighted by Crippen LogP contribution is -2.42. The first-order valence-corrected chi connectivity index (χ1v) is 12.7. The monoisotopic (exact) mass is 557 g/mol. The number of amides is 2. The van der Waals surface area contributed by atoms with Gasteiger partial charge in [0.2, 0.25) is 0 Å². The maximum absolute atomic E-state index is 13.0. The smallest absolute Gasteiger partial charge is 0.348 e. The van der Waals surface area contributed by atoms with E-state index in [1.165, 1.54) is 13.1 Å². The molecule has 0 saturated heterocycles. The summed E-state index contributed by atoms with van der Waals surface area (Å²) in [5.41, 5.74) is 1.63. The Balaban J connectivity index is 0.00000124. The molecule has 1 fully saturated rings. The van der Waals surface area contributed by atoms with Crippen LogP contribution in [0.2, 0.25) is 0 Å². The summed E-state index contributed by atoms with van der Waals surface area (Å²) >= 11 is 0. The number of aromatic amines is 2. The van der Waals surface area contributed by atoms with Crippen molar-refractivity contribution in [1.29, 1.82) is 0 Å². The minimum Gasteiger partial charge on any atom is -0.554 e. The second kappa shape index (κ2) is 12.2. The Hall–Kier alpha value is -5.39. The van der Waals surface area contributed by atoms with Gasteiger partial charge in [0.15, 0.2) is 5.56 Å². The van der Waals surface area contributed by atoms with Gasteiger partial charge in [-0.3, -0.25) is 19.4 Å². The molecule has 0 bridgehead atoms. The molecule has 0 radical (unpaired) electrons. The van der Waals surface area contributed by atoms with Gasteiger partial charge in [0.25, 0.3) is 5.91 Å². The minimum atomic E-state index is -1.05. The average Bonchev–Trinajstić information content (AvgIpc) is 3.76. The van der Waals surface area contributed by atoms with Crippen molar-refractivity contribution in [2.75, 3.05) is 6.54 Å². The lowest BCUT2D eigenvalue weighted by Gasteiger charge is -2.18. The third kappa shape index (κ3) is 6.44. The van der Waals surface area contributed by atoms with E-state index in [0.29, 0.717) is 0 Å². The standard InChI is InChI=1S/C28H25N5O5.CH2O2/c1-16(27(37)38)13-31-26(36)23-30-15-22(24(34)32-23)25(35)33-28(10-11-28)19-7-5-17(6-8-19)20-4-2-3-18-14-29-12-9-21(18)20;2-1-3/h2-9,12,14-16H,10-11,13H2,1H3,(H,31,36)(H,33,35)(H,37,38)(H,30,32,34);1H,(H,2,3)/t16-;/m1./s1. The van der Waals surface area contributed by atoms with Crippen LogP contribution in [0.25, 0.3) is 21.9 Å². The zero-order valence-corrected chi connectivity index (χ0v) is 22.0. The third-order valence-corrected chi connectivity index (χ3v) is 6.84. The number of nitrogens with zero attached hydrogens (tertiary/aromatic N) is 1. The van der Waals surface area contributed by atoms with Gasteiger partial charge in [-0.25, -0.2) is 14.8 Å². The van der Waals surface area contributed by atoms with E-state index in [0.717, 1.165) is 40.3 Å². The van der Waals surface area contributed by atoms with Crippen molar-refractivity contribution in [1.82, 2.24) is 20.6 Å². The van der Waals surface area contributed by atoms with Crippen molar-refractivity contribution >= 4 is 35.0 Å². The van der Waals surface area contributed by atoms with Crippen molar-refractivity contribution in [3.63, 3.8) is 0 Å². The number of aliphatic carboxylic acids is 1. The molecule has 2 aromatic carbocycles. The van der Waals surface area contributed by atoms with Gasteiger partial charge in [-0.15, -0.1) is 0 Å². The van der Waals surface area contributed by atoms with Gasteiger partial charge < -0.3 is 25.6 Å². The molecule has 2 aromatic heterocycles. The lowest BCUT2D eigenvalue weighted by atomic mass is 9.96. The molecular weight excluding hydrogens is 530 g/mol. The van der Waals surface area contributed by atoms with Crippen LogP contribution in [0.3, 0.4) is 0 Å². The van der Waals surface area contributed by atoms with Gasteiger partial charge >= 0.3 is 23.3 Å². The SMILES string of the molecule is C[C@H](CNC(=O)c1[nH]c(=O)c(C(=O)NC2(c3ccc(-c4cccc5cnccc45)cc3)CC2)c[nH+]1)C(=O)O.O=C[O-]. The summed E-state index contributed by atoms with van der Waals surface area (Å²) in [6.07, 6.45) is 6.26. The number of rotatable bonds is 8. The highest BCUT2D eigenvalue weighted by atomic mass is 16.4. The van der Waals surface area contributed by atoms with Crippen LogP contribution in [0.1, 0.15) is 46.3 Å². The molecule has 0 unspecified atom stereocenters. The normalized spacial score (nSPS) is 13.7.